The minimum atomic E-state index is -0.317. The van der Waals surface area contributed by atoms with Crippen molar-refractivity contribution in [3.8, 4) is 5.75 Å². The number of ether oxygens (including phenoxy) is 1. The van der Waals surface area contributed by atoms with Crippen LogP contribution < -0.4 is 10.1 Å². The van der Waals surface area contributed by atoms with E-state index in [1.165, 1.54) is 12.1 Å². The molecule has 0 unspecified atom stereocenters. The summed E-state index contributed by atoms with van der Waals surface area (Å²) in [4.78, 5) is 24.5. The van der Waals surface area contributed by atoms with Gasteiger partial charge >= 0.3 is 0 Å². The smallest absolute Gasteiger partial charge is 0.258 e. The third kappa shape index (κ3) is 3.62. The predicted molar refractivity (Wildman–Crippen MR) is 97.0 cm³/mol. The van der Waals surface area contributed by atoms with Gasteiger partial charge in [0.25, 0.3) is 5.91 Å². The van der Waals surface area contributed by atoms with Crippen LogP contribution in [-0.2, 0) is 4.79 Å². The lowest BCUT2D eigenvalue weighted by Crippen LogP contribution is -2.31. The van der Waals surface area contributed by atoms with Gasteiger partial charge in [0.2, 0.25) is 0 Å². The van der Waals surface area contributed by atoms with Crippen LogP contribution in [0.15, 0.2) is 36.4 Å². The molecule has 0 heterocycles. The minimum Gasteiger partial charge on any atom is -0.483 e. The molecule has 0 saturated heterocycles. The van der Waals surface area contributed by atoms with Crippen LogP contribution in [0.4, 0.5) is 4.39 Å². The summed E-state index contributed by atoms with van der Waals surface area (Å²) in [6.07, 6.45) is 0.477. The van der Waals surface area contributed by atoms with Gasteiger partial charge in [0, 0.05) is 6.42 Å². The Bertz CT molecular complexity index is 845. The normalized spacial score (nSPS) is 16.9. The van der Waals surface area contributed by atoms with E-state index in [1.54, 1.807) is 18.2 Å². The van der Waals surface area contributed by atoms with Crippen molar-refractivity contribution in [2.75, 3.05) is 6.61 Å². The highest BCUT2D eigenvalue weighted by Gasteiger charge is 2.31. The number of ketones is 1. The van der Waals surface area contributed by atoms with Gasteiger partial charge in [-0.2, -0.15) is 0 Å². The topological polar surface area (TPSA) is 55.4 Å². The monoisotopic (exact) mass is 355 g/mol. The molecule has 0 spiro atoms. The quantitative estimate of drug-likeness (QED) is 0.879. The maximum atomic E-state index is 13.0. The fourth-order valence-electron chi connectivity index (χ4n) is 3.49. The largest absolute Gasteiger partial charge is 0.483 e. The number of amides is 1. The number of fused-ring (bicyclic) bond motifs is 1. The van der Waals surface area contributed by atoms with E-state index in [1.807, 2.05) is 26.8 Å². The van der Waals surface area contributed by atoms with Gasteiger partial charge in [-0.1, -0.05) is 25.1 Å². The van der Waals surface area contributed by atoms with Crippen LogP contribution in [0.25, 0.3) is 0 Å². The molecular weight excluding hydrogens is 333 g/mol. The first-order chi connectivity index (χ1) is 12.4. The number of aryl methyl sites for hydroxylation is 1. The number of benzene rings is 2. The zero-order chi connectivity index (χ0) is 18.8. The highest BCUT2D eigenvalue weighted by Crippen LogP contribution is 2.40. The Balaban J connectivity index is 1.65. The first-order valence-corrected chi connectivity index (χ1v) is 8.71. The van der Waals surface area contributed by atoms with Crippen molar-refractivity contribution in [1.29, 1.82) is 0 Å². The van der Waals surface area contributed by atoms with Crippen molar-refractivity contribution >= 4 is 11.7 Å². The molecule has 0 saturated carbocycles. The van der Waals surface area contributed by atoms with Crippen LogP contribution in [0.5, 0.6) is 5.75 Å². The summed E-state index contributed by atoms with van der Waals surface area (Å²) in [5.41, 5.74) is 3.50. The fraction of sp³-hybridized carbons (Fsp3) is 0.333. The molecule has 5 heteroatoms. The van der Waals surface area contributed by atoms with Gasteiger partial charge < -0.3 is 10.1 Å². The lowest BCUT2D eigenvalue weighted by atomic mass is 9.97. The molecule has 0 fully saturated rings. The number of carbonyl (C=O) groups excluding carboxylic acids is 2. The van der Waals surface area contributed by atoms with Crippen LogP contribution in [0.1, 0.15) is 59.3 Å². The van der Waals surface area contributed by atoms with Crippen LogP contribution in [0.3, 0.4) is 0 Å². The predicted octanol–water partition coefficient (Wildman–Crippen LogP) is 4.08. The average Bonchev–Trinajstić information content (AvgIpc) is 2.90. The van der Waals surface area contributed by atoms with Crippen LogP contribution in [-0.4, -0.2) is 18.3 Å². The standard InChI is InChI=1S/C21H22FNO3/c1-12-4-9-18(21-17(24)10-13(2)20(12)21)26-11-19(25)23-14(3)15-5-7-16(22)8-6-15/h4-9,13-14H,10-11H2,1-3H3,(H,23,25)/t13-,14-/m1/s1. The highest BCUT2D eigenvalue weighted by atomic mass is 19.1. The van der Waals surface area contributed by atoms with Crippen molar-refractivity contribution < 1.29 is 18.7 Å². The van der Waals surface area contributed by atoms with Gasteiger partial charge in [0.1, 0.15) is 11.6 Å². The number of halogens is 1. The van der Waals surface area contributed by atoms with Crippen LogP contribution in [0.2, 0.25) is 0 Å². The summed E-state index contributed by atoms with van der Waals surface area (Å²) in [5, 5.41) is 2.81. The van der Waals surface area contributed by atoms with Crippen molar-refractivity contribution in [3.63, 3.8) is 0 Å². The summed E-state index contributed by atoms with van der Waals surface area (Å²) < 4.78 is 18.6. The first kappa shape index (κ1) is 18.1. The maximum Gasteiger partial charge on any atom is 0.258 e. The van der Waals surface area contributed by atoms with E-state index in [0.717, 1.165) is 16.7 Å². The molecule has 0 radical (unpaired) electrons. The molecule has 2 aromatic carbocycles. The molecule has 2 atom stereocenters. The molecule has 136 valence electrons. The average molecular weight is 355 g/mol. The summed E-state index contributed by atoms with van der Waals surface area (Å²) in [7, 11) is 0. The maximum absolute atomic E-state index is 13.0. The summed E-state index contributed by atoms with van der Waals surface area (Å²) in [6.45, 7) is 5.65. The van der Waals surface area contributed by atoms with Crippen molar-refractivity contribution in [3.05, 3.63) is 64.5 Å². The number of rotatable bonds is 5. The number of Topliss-reactive ketones (excluding diaryl/α,β-unsaturated/α-hetero) is 1. The van der Waals surface area contributed by atoms with Gasteiger partial charge in [-0.15, -0.1) is 0 Å². The molecule has 4 nitrogen and oxygen atoms in total. The number of carbonyl (C=O) groups is 2. The second kappa shape index (κ2) is 7.28. The third-order valence-corrected chi connectivity index (χ3v) is 4.79. The van der Waals surface area contributed by atoms with Crippen molar-refractivity contribution in [2.45, 2.75) is 39.2 Å². The van der Waals surface area contributed by atoms with Gasteiger partial charge in [0.15, 0.2) is 12.4 Å². The molecule has 1 N–H and O–H groups in total. The van der Waals surface area contributed by atoms with Gasteiger partial charge in [-0.3, -0.25) is 9.59 Å². The second-order valence-corrected chi connectivity index (χ2v) is 6.83. The van der Waals surface area contributed by atoms with E-state index < -0.39 is 0 Å². The Hall–Kier alpha value is -2.69. The highest BCUT2D eigenvalue weighted by molar-refractivity contribution is 6.04. The summed E-state index contributed by atoms with van der Waals surface area (Å²) in [6, 6.07) is 9.39. The zero-order valence-corrected chi connectivity index (χ0v) is 15.1. The lowest BCUT2D eigenvalue weighted by Gasteiger charge is -2.16. The van der Waals surface area contributed by atoms with Gasteiger partial charge in [-0.25, -0.2) is 4.39 Å². The molecule has 1 aliphatic rings. The first-order valence-electron chi connectivity index (χ1n) is 8.71. The van der Waals surface area contributed by atoms with E-state index in [9.17, 15) is 14.0 Å². The molecule has 1 aliphatic carbocycles. The number of hydrogen-bond donors (Lipinski definition) is 1. The Labute approximate surface area is 152 Å². The molecule has 2 aromatic rings. The molecule has 0 aromatic heterocycles. The molecular formula is C21H22FNO3. The van der Waals surface area contributed by atoms with Crippen LogP contribution in [0, 0.1) is 12.7 Å². The SMILES string of the molecule is Cc1ccc(OCC(=O)N[C@H](C)c2ccc(F)cc2)c2c1[C@H](C)CC2=O. The third-order valence-electron chi connectivity index (χ3n) is 4.79. The Morgan fingerprint density at radius 3 is 2.65 bits per heavy atom. The van der Waals surface area contributed by atoms with Crippen molar-refractivity contribution in [2.24, 2.45) is 0 Å². The minimum absolute atomic E-state index is 0.0614. The molecule has 0 aliphatic heterocycles. The Morgan fingerprint density at radius 2 is 1.96 bits per heavy atom. The number of nitrogens with one attached hydrogen (secondary N) is 1. The summed E-state index contributed by atoms with van der Waals surface area (Å²) >= 11 is 0. The second-order valence-electron chi connectivity index (χ2n) is 6.83. The fourth-order valence-corrected chi connectivity index (χ4v) is 3.49. The molecule has 3 rings (SSSR count). The molecule has 26 heavy (non-hydrogen) atoms. The van der Waals surface area contributed by atoms with E-state index in [0.29, 0.717) is 17.7 Å². The summed E-state index contributed by atoms with van der Waals surface area (Å²) in [5.74, 6) is 0.0848. The van der Waals surface area contributed by atoms with E-state index in [2.05, 4.69) is 5.32 Å². The van der Waals surface area contributed by atoms with Crippen LogP contribution >= 0.6 is 0 Å². The number of hydrogen-bond acceptors (Lipinski definition) is 3. The van der Waals surface area contributed by atoms with E-state index in [4.69, 9.17) is 4.74 Å². The van der Waals surface area contributed by atoms with Gasteiger partial charge in [-0.05, 0) is 54.7 Å². The Morgan fingerprint density at radius 1 is 1.27 bits per heavy atom. The van der Waals surface area contributed by atoms with Crippen molar-refractivity contribution in [1.82, 2.24) is 5.32 Å². The van der Waals surface area contributed by atoms with E-state index >= 15 is 0 Å². The van der Waals surface area contributed by atoms with Gasteiger partial charge in [0.05, 0.1) is 11.6 Å². The molecule has 0 bridgehead atoms. The van der Waals surface area contributed by atoms with E-state index in [-0.39, 0.29) is 36.1 Å². The Kier molecular flexibility index (Phi) is 5.07. The molecule has 1 amide bonds. The lowest BCUT2D eigenvalue weighted by molar-refractivity contribution is -0.123. The zero-order valence-electron chi connectivity index (χ0n) is 15.1.